The maximum absolute atomic E-state index is 12.6. The van der Waals surface area contributed by atoms with Crippen molar-refractivity contribution in [2.75, 3.05) is 13.1 Å². The van der Waals surface area contributed by atoms with Crippen LogP contribution < -0.4 is 4.74 Å². The Morgan fingerprint density at radius 3 is 3.04 bits per heavy atom. The van der Waals surface area contributed by atoms with Gasteiger partial charge in [0.25, 0.3) is 0 Å². The van der Waals surface area contributed by atoms with Crippen LogP contribution in [-0.4, -0.2) is 39.8 Å². The van der Waals surface area contributed by atoms with Crippen LogP contribution in [0.2, 0.25) is 0 Å². The van der Waals surface area contributed by atoms with Gasteiger partial charge in [-0.2, -0.15) is 0 Å². The van der Waals surface area contributed by atoms with Gasteiger partial charge in [-0.3, -0.25) is 4.79 Å². The third-order valence-electron chi connectivity index (χ3n) is 4.70. The summed E-state index contributed by atoms with van der Waals surface area (Å²) in [6, 6.07) is 7.98. The van der Waals surface area contributed by atoms with Crippen LogP contribution in [0.1, 0.15) is 29.8 Å². The number of amides is 1. The molecule has 1 atom stereocenters. The fourth-order valence-corrected chi connectivity index (χ4v) is 3.35. The fraction of sp³-hybridized carbons (Fsp3) is 0.389. The molecular weight excluding hydrogens is 306 g/mol. The van der Waals surface area contributed by atoms with Crippen molar-refractivity contribution in [1.82, 2.24) is 15.2 Å². The number of benzene rings is 1. The lowest BCUT2D eigenvalue weighted by atomic mass is 9.89. The summed E-state index contributed by atoms with van der Waals surface area (Å²) in [5, 5.41) is 7.54. The molecule has 6 heteroatoms. The van der Waals surface area contributed by atoms with E-state index in [0.29, 0.717) is 17.9 Å². The van der Waals surface area contributed by atoms with Crippen LogP contribution in [0.4, 0.5) is 0 Å². The summed E-state index contributed by atoms with van der Waals surface area (Å²) in [5.74, 6) is 0.912. The minimum absolute atomic E-state index is 0.0312. The zero-order chi connectivity index (χ0) is 16.6. The third kappa shape index (κ3) is 2.68. The predicted octanol–water partition coefficient (Wildman–Crippen LogP) is 2.39. The highest BCUT2D eigenvalue weighted by Crippen LogP contribution is 2.36. The lowest BCUT2D eigenvalue weighted by molar-refractivity contribution is -0.134. The molecular formula is C18H19N3O3. The fourth-order valence-electron chi connectivity index (χ4n) is 3.35. The lowest BCUT2D eigenvalue weighted by Gasteiger charge is -2.42. The molecule has 1 aromatic heterocycles. The Balaban J connectivity index is 1.50. The summed E-state index contributed by atoms with van der Waals surface area (Å²) in [4.78, 5) is 14.5. The molecule has 124 valence electrons. The first-order chi connectivity index (χ1) is 11.7. The van der Waals surface area contributed by atoms with Gasteiger partial charge in [-0.15, -0.1) is 0 Å². The maximum Gasteiger partial charge on any atom is 0.228 e. The van der Waals surface area contributed by atoms with E-state index in [-0.39, 0.29) is 12.3 Å². The number of piperidine rings is 1. The Kier molecular flexibility index (Phi) is 3.59. The number of hydrogen-bond acceptors (Lipinski definition) is 5. The first kappa shape index (κ1) is 14.9. The van der Waals surface area contributed by atoms with Gasteiger partial charge in [-0.05, 0) is 31.9 Å². The van der Waals surface area contributed by atoms with Crippen LogP contribution in [-0.2, 0) is 11.2 Å². The molecule has 3 heterocycles. The molecule has 24 heavy (non-hydrogen) atoms. The number of rotatable bonds is 2. The molecule has 2 aliphatic rings. The smallest absolute Gasteiger partial charge is 0.228 e. The number of para-hydroxylation sites is 1. The number of likely N-dealkylation sites (tertiary alicyclic amines) is 1. The zero-order valence-electron chi connectivity index (χ0n) is 13.6. The zero-order valence-corrected chi connectivity index (χ0v) is 13.6. The monoisotopic (exact) mass is 325 g/mol. The van der Waals surface area contributed by atoms with E-state index in [1.807, 2.05) is 29.2 Å². The Labute approximate surface area is 140 Å². The maximum atomic E-state index is 12.6. The Morgan fingerprint density at radius 1 is 1.33 bits per heavy atom. The third-order valence-corrected chi connectivity index (χ3v) is 4.70. The summed E-state index contributed by atoms with van der Waals surface area (Å²) >= 11 is 0. The molecule has 1 spiro atoms. The van der Waals surface area contributed by atoms with Crippen molar-refractivity contribution in [1.29, 1.82) is 0 Å². The van der Waals surface area contributed by atoms with Crippen molar-refractivity contribution in [2.24, 2.45) is 0 Å². The highest BCUT2D eigenvalue weighted by atomic mass is 16.6. The highest BCUT2D eigenvalue weighted by molar-refractivity contribution is 5.79. The average molecular weight is 325 g/mol. The van der Waals surface area contributed by atoms with Gasteiger partial charge in [0.05, 0.1) is 13.0 Å². The second-order valence-electron chi connectivity index (χ2n) is 6.43. The van der Waals surface area contributed by atoms with Crippen molar-refractivity contribution >= 4 is 12.0 Å². The normalized spacial score (nSPS) is 22.3. The average Bonchev–Trinajstić information content (AvgIpc) is 3.00. The summed E-state index contributed by atoms with van der Waals surface area (Å²) in [6.45, 7) is 3.09. The van der Waals surface area contributed by atoms with E-state index in [1.54, 1.807) is 6.92 Å². The van der Waals surface area contributed by atoms with Crippen LogP contribution >= 0.6 is 0 Å². The van der Waals surface area contributed by atoms with Crippen molar-refractivity contribution in [3.05, 3.63) is 47.3 Å². The molecule has 1 amide bonds. The molecule has 1 unspecified atom stereocenters. The minimum atomic E-state index is -0.431. The van der Waals surface area contributed by atoms with Crippen molar-refractivity contribution < 1.29 is 14.2 Å². The van der Waals surface area contributed by atoms with Crippen molar-refractivity contribution in [2.45, 2.75) is 31.8 Å². The second-order valence-corrected chi connectivity index (χ2v) is 6.43. The number of hydrogen-bond donors (Lipinski definition) is 0. The summed E-state index contributed by atoms with van der Waals surface area (Å²) in [6.07, 6.45) is 6.22. The summed E-state index contributed by atoms with van der Waals surface area (Å²) in [7, 11) is 0. The Hall–Kier alpha value is -2.63. The van der Waals surface area contributed by atoms with E-state index < -0.39 is 5.60 Å². The van der Waals surface area contributed by atoms with Crippen LogP contribution in [0, 0.1) is 6.92 Å². The number of carbonyl (C=O) groups excluding carboxylic acids is 1. The number of aryl methyl sites for hydroxylation is 1. The largest absolute Gasteiger partial charge is 0.481 e. The van der Waals surface area contributed by atoms with Crippen LogP contribution in [0.15, 0.2) is 35.0 Å². The first-order valence-electron chi connectivity index (χ1n) is 8.18. The first-order valence-corrected chi connectivity index (χ1v) is 8.18. The van der Waals surface area contributed by atoms with Crippen LogP contribution in [0.5, 0.6) is 5.75 Å². The number of nitrogens with zero attached hydrogens (tertiary/aromatic N) is 3. The molecule has 2 aliphatic heterocycles. The van der Waals surface area contributed by atoms with E-state index in [0.717, 1.165) is 30.7 Å². The van der Waals surface area contributed by atoms with Gasteiger partial charge in [0.1, 0.15) is 22.7 Å². The number of ether oxygens (including phenoxy) is 1. The number of carbonyl (C=O) groups is 1. The summed E-state index contributed by atoms with van der Waals surface area (Å²) < 4.78 is 10.9. The van der Waals surface area contributed by atoms with E-state index in [2.05, 4.69) is 27.1 Å². The summed E-state index contributed by atoms with van der Waals surface area (Å²) in [5.41, 5.74) is 1.91. The topological polar surface area (TPSA) is 68.5 Å². The van der Waals surface area contributed by atoms with E-state index >= 15 is 0 Å². The molecule has 0 saturated carbocycles. The van der Waals surface area contributed by atoms with Gasteiger partial charge in [0.2, 0.25) is 5.91 Å². The van der Waals surface area contributed by atoms with Gasteiger partial charge < -0.3 is 9.64 Å². The molecule has 1 saturated heterocycles. The van der Waals surface area contributed by atoms with Gasteiger partial charge in [0, 0.05) is 12.1 Å². The van der Waals surface area contributed by atoms with E-state index in [4.69, 9.17) is 4.74 Å². The van der Waals surface area contributed by atoms with Crippen LogP contribution in [0.3, 0.4) is 0 Å². The highest BCUT2D eigenvalue weighted by Gasteiger charge is 2.39. The molecule has 0 N–H and O–H groups in total. The van der Waals surface area contributed by atoms with Crippen molar-refractivity contribution in [3.63, 3.8) is 0 Å². The molecule has 2 aromatic rings. The molecule has 4 rings (SSSR count). The lowest BCUT2D eigenvalue weighted by Crippen LogP contribution is -2.53. The van der Waals surface area contributed by atoms with Crippen LogP contribution in [0.25, 0.3) is 6.08 Å². The minimum Gasteiger partial charge on any atom is -0.481 e. The molecule has 1 aromatic carbocycles. The van der Waals surface area contributed by atoms with Gasteiger partial charge in [-0.1, -0.05) is 34.6 Å². The molecule has 1 fully saturated rings. The standard InChI is InChI=1S/C18H19N3O3/c1-13-15(20-24-19-13)11-17(22)21-10-4-8-18(12-21)9-7-14-5-2-3-6-16(14)23-18/h2-3,5-7,9H,4,8,10-12H2,1H3. The Bertz CT molecular complexity index is 798. The van der Waals surface area contributed by atoms with E-state index in [9.17, 15) is 4.79 Å². The quantitative estimate of drug-likeness (QED) is 0.848. The van der Waals surface area contributed by atoms with Gasteiger partial charge in [-0.25, -0.2) is 4.63 Å². The number of fused-ring (bicyclic) bond motifs is 1. The number of aromatic nitrogens is 2. The predicted molar refractivity (Wildman–Crippen MR) is 87.4 cm³/mol. The molecule has 0 aliphatic carbocycles. The van der Waals surface area contributed by atoms with Gasteiger partial charge >= 0.3 is 0 Å². The molecule has 0 bridgehead atoms. The van der Waals surface area contributed by atoms with Crippen molar-refractivity contribution in [3.8, 4) is 5.75 Å². The van der Waals surface area contributed by atoms with Gasteiger partial charge in [0.15, 0.2) is 0 Å². The SMILES string of the molecule is Cc1nonc1CC(=O)N1CCCC2(C=Cc3ccccc3O2)C1. The molecule has 0 radical (unpaired) electrons. The molecule has 6 nitrogen and oxygen atoms in total. The van der Waals surface area contributed by atoms with E-state index in [1.165, 1.54) is 0 Å². The Morgan fingerprint density at radius 2 is 2.21 bits per heavy atom. The second kappa shape index (κ2) is 5.78.